The zero-order chi connectivity index (χ0) is 15.3. The number of rotatable bonds is 5. The van der Waals surface area contributed by atoms with Gasteiger partial charge in [-0.1, -0.05) is 24.3 Å². The molecule has 0 aromatic heterocycles. The van der Waals surface area contributed by atoms with E-state index in [2.05, 4.69) is 0 Å². The highest BCUT2D eigenvalue weighted by Gasteiger charge is 2.07. The van der Waals surface area contributed by atoms with Gasteiger partial charge in [0.1, 0.15) is 5.75 Å². The van der Waals surface area contributed by atoms with Crippen molar-refractivity contribution in [1.82, 2.24) is 0 Å². The molecule has 0 bridgehead atoms. The first kappa shape index (κ1) is 15.1. The molecule has 0 aliphatic carbocycles. The molecule has 0 spiro atoms. The molecule has 5 heteroatoms. The van der Waals surface area contributed by atoms with Gasteiger partial charge in [0.2, 0.25) is 0 Å². The van der Waals surface area contributed by atoms with Crippen molar-refractivity contribution in [2.24, 2.45) is 0 Å². The number of hydrogen-bond donors (Lipinski definition) is 1. The summed E-state index contributed by atoms with van der Waals surface area (Å²) in [4.78, 5) is 0. The minimum atomic E-state index is -3.32. The highest BCUT2D eigenvalue weighted by Crippen LogP contribution is 2.15. The van der Waals surface area contributed by atoms with E-state index in [-0.39, 0.29) is 5.75 Å². The lowest BCUT2D eigenvalue weighted by Gasteiger charge is -2.02. The average molecular weight is 303 g/mol. The van der Waals surface area contributed by atoms with Crippen LogP contribution >= 0.6 is 0 Å². The van der Waals surface area contributed by atoms with Crippen LogP contribution in [-0.2, 0) is 15.6 Å². The molecular formula is C16H17NO3S. The van der Waals surface area contributed by atoms with E-state index in [9.17, 15) is 8.42 Å². The third kappa shape index (κ3) is 4.65. The van der Waals surface area contributed by atoms with Crippen LogP contribution in [0.1, 0.15) is 11.1 Å². The lowest BCUT2D eigenvalue weighted by Crippen LogP contribution is -2.00. The lowest BCUT2D eigenvalue weighted by atomic mass is 10.2. The van der Waals surface area contributed by atoms with E-state index in [1.807, 2.05) is 0 Å². The fourth-order valence-electron chi connectivity index (χ4n) is 1.79. The minimum Gasteiger partial charge on any atom is -0.497 e. The topological polar surface area (TPSA) is 69.4 Å². The fourth-order valence-corrected chi connectivity index (χ4v) is 2.91. The number of methoxy groups -OCH3 is 1. The van der Waals surface area contributed by atoms with Crippen LogP contribution in [0.5, 0.6) is 5.75 Å². The molecule has 2 aromatic rings. The van der Waals surface area contributed by atoms with E-state index in [0.29, 0.717) is 11.4 Å². The molecule has 0 aliphatic rings. The van der Waals surface area contributed by atoms with Crippen molar-refractivity contribution in [2.75, 3.05) is 12.8 Å². The third-order valence-electron chi connectivity index (χ3n) is 2.93. The second-order valence-corrected chi connectivity index (χ2v) is 6.51. The Morgan fingerprint density at radius 3 is 2.24 bits per heavy atom. The average Bonchev–Trinajstić information content (AvgIpc) is 2.47. The molecule has 21 heavy (non-hydrogen) atoms. The number of anilines is 1. The van der Waals surface area contributed by atoms with Crippen LogP contribution < -0.4 is 10.5 Å². The van der Waals surface area contributed by atoms with Crippen molar-refractivity contribution in [2.45, 2.75) is 5.75 Å². The van der Waals surface area contributed by atoms with Crippen molar-refractivity contribution in [3.8, 4) is 5.75 Å². The van der Waals surface area contributed by atoms with Gasteiger partial charge in [-0.3, -0.25) is 0 Å². The number of nitrogen functional groups attached to an aromatic ring is 1. The predicted molar refractivity (Wildman–Crippen MR) is 85.5 cm³/mol. The molecule has 0 saturated carbocycles. The zero-order valence-electron chi connectivity index (χ0n) is 11.7. The van der Waals surface area contributed by atoms with Gasteiger partial charge < -0.3 is 10.5 Å². The Bertz CT molecular complexity index is 717. The summed E-state index contributed by atoms with van der Waals surface area (Å²) >= 11 is 0. The Hall–Kier alpha value is -2.27. The minimum absolute atomic E-state index is 0.0392. The van der Waals surface area contributed by atoms with E-state index >= 15 is 0 Å². The van der Waals surface area contributed by atoms with Crippen LogP contribution in [0.25, 0.3) is 6.08 Å². The number of ether oxygens (including phenoxy) is 1. The van der Waals surface area contributed by atoms with Crippen molar-refractivity contribution in [1.29, 1.82) is 0 Å². The van der Waals surface area contributed by atoms with Gasteiger partial charge in [0.05, 0.1) is 12.9 Å². The Morgan fingerprint density at radius 2 is 1.67 bits per heavy atom. The maximum absolute atomic E-state index is 12.1. The van der Waals surface area contributed by atoms with Crippen LogP contribution in [0.2, 0.25) is 0 Å². The maximum Gasteiger partial charge on any atom is 0.175 e. The van der Waals surface area contributed by atoms with Gasteiger partial charge >= 0.3 is 0 Å². The molecule has 0 radical (unpaired) electrons. The second kappa shape index (κ2) is 6.45. The quantitative estimate of drug-likeness (QED) is 0.862. The summed E-state index contributed by atoms with van der Waals surface area (Å²) in [5, 5.41) is 1.22. The summed E-state index contributed by atoms with van der Waals surface area (Å²) in [5.74, 6) is 0.663. The van der Waals surface area contributed by atoms with Gasteiger partial charge in [-0.05, 0) is 41.5 Å². The molecule has 0 heterocycles. The summed E-state index contributed by atoms with van der Waals surface area (Å²) in [6.45, 7) is 0. The van der Waals surface area contributed by atoms with E-state index in [0.717, 1.165) is 11.1 Å². The Morgan fingerprint density at radius 1 is 1.05 bits per heavy atom. The molecule has 0 saturated heterocycles. The van der Waals surface area contributed by atoms with E-state index in [4.69, 9.17) is 10.5 Å². The van der Waals surface area contributed by atoms with Crippen LogP contribution in [0.3, 0.4) is 0 Å². The molecule has 0 unspecified atom stereocenters. The number of hydrogen-bond acceptors (Lipinski definition) is 4. The molecule has 4 nitrogen and oxygen atoms in total. The highest BCUT2D eigenvalue weighted by atomic mass is 32.2. The number of benzene rings is 2. The summed E-state index contributed by atoms with van der Waals surface area (Å²) in [6.07, 6.45) is 1.57. The summed E-state index contributed by atoms with van der Waals surface area (Å²) < 4.78 is 29.1. The zero-order valence-corrected chi connectivity index (χ0v) is 12.5. The molecule has 0 atom stereocenters. The molecule has 0 aliphatic heterocycles. The lowest BCUT2D eigenvalue weighted by molar-refractivity contribution is 0.414. The fraction of sp³-hybridized carbons (Fsp3) is 0.125. The summed E-state index contributed by atoms with van der Waals surface area (Å²) in [6, 6.07) is 14.0. The smallest absolute Gasteiger partial charge is 0.175 e. The highest BCUT2D eigenvalue weighted by molar-refractivity contribution is 7.93. The monoisotopic (exact) mass is 303 g/mol. The molecule has 110 valence electrons. The van der Waals surface area contributed by atoms with Crippen molar-refractivity contribution in [3.63, 3.8) is 0 Å². The Labute approximate surface area is 124 Å². The first-order chi connectivity index (χ1) is 9.98. The van der Waals surface area contributed by atoms with E-state index in [1.165, 1.54) is 5.41 Å². The van der Waals surface area contributed by atoms with Crippen LogP contribution in [-0.4, -0.2) is 15.5 Å². The van der Waals surface area contributed by atoms with Gasteiger partial charge in [-0.2, -0.15) is 0 Å². The van der Waals surface area contributed by atoms with Gasteiger partial charge in [-0.15, -0.1) is 0 Å². The van der Waals surface area contributed by atoms with Crippen molar-refractivity contribution < 1.29 is 13.2 Å². The van der Waals surface area contributed by atoms with Gasteiger partial charge in [-0.25, -0.2) is 8.42 Å². The molecule has 0 amide bonds. The maximum atomic E-state index is 12.1. The molecule has 2 N–H and O–H groups in total. The molecule has 0 fully saturated rings. The van der Waals surface area contributed by atoms with Crippen molar-refractivity contribution in [3.05, 3.63) is 65.1 Å². The molecule has 2 aromatic carbocycles. The predicted octanol–water partition coefficient (Wildman–Crippen LogP) is 2.86. The number of sulfone groups is 1. The number of nitrogens with two attached hydrogens (primary N) is 1. The largest absolute Gasteiger partial charge is 0.497 e. The van der Waals surface area contributed by atoms with E-state index < -0.39 is 9.84 Å². The van der Waals surface area contributed by atoms with Crippen LogP contribution in [0, 0.1) is 0 Å². The standard InChI is InChI=1S/C16H17NO3S/c1-20-16-8-4-14(5-9-16)12-21(18,19)11-10-13-2-6-15(17)7-3-13/h2-11H,12,17H2,1H3/b11-10+. The van der Waals surface area contributed by atoms with Gasteiger partial charge in [0, 0.05) is 11.1 Å². The first-order valence-corrected chi connectivity index (χ1v) is 8.09. The molecular weight excluding hydrogens is 286 g/mol. The second-order valence-electron chi connectivity index (χ2n) is 4.62. The summed E-state index contributed by atoms with van der Waals surface area (Å²) in [5.41, 5.74) is 7.74. The first-order valence-electron chi connectivity index (χ1n) is 6.38. The van der Waals surface area contributed by atoms with Crippen LogP contribution in [0.4, 0.5) is 5.69 Å². The van der Waals surface area contributed by atoms with Crippen LogP contribution in [0.15, 0.2) is 53.9 Å². The van der Waals surface area contributed by atoms with Crippen molar-refractivity contribution >= 4 is 21.6 Å². The van der Waals surface area contributed by atoms with E-state index in [1.54, 1.807) is 61.7 Å². The SMILES string of the molecule is COc1ccc(CS(=O)(=O)/C=C/c2ccc(N)cc2)cc1. The molecule has 2 rings (SSSR count). The summed E-state index contributed by atoms with van der Waals surface area (Å²) in [7, 11) is -1.74. The van der Waals surface area contributed by atoms with Gasteiger partial charge in [0.25, 0.3) is 0 Å². The Kier molecular flexibility index (Phi) is 4.65. The third-order valence-corrected chi connectivity index (χ3v) is 4.22. The normalized spacial score (nSPS) is 11.7. The Balaban J connectivity index is 2.08. The van der Waals surface area contributed by atoms with Gasteiger partial charge in [0.15, 0.2) is 9.84 Å².